The minimum atomic E-state index is 0.432. The second kappa shape index (κ2) is 6.59. The van der Waals surface area contributed by atoms with E-state index in [-0.39, 0.29) is 0 Å². The largest absolute Gasteiger partial charge is 0.370 e. The van der Waals surface area contributed by atoms with Crippen molar-refractivity contribution in [1.29, 1.82) is 0 Å². The van der Waals surface area contributed by atoms with Gasteiger partial charge in [0.1, 0.15) is 0 Å². The zero-order valence-electron chi connectivity index (χ0n) is 13.6. The highest BCUT2D eigenvalue weighted by Gasteiger charge is 2.30. The summed E-state index contributed by atoms with van der Waals surface area (Å²) >= 11 is 0. The Morgan fingerprint density at radius 3 is 2.40 bits per heavy atom. The molecular weight excluding hydrogens is 246 g/mol. The first kappa shape index (κ1) is 15.3. The number of anilines is 1. The molecule has 2 rings (SSSR count). The Balaban J connectivity index is 2.04. The molecule has 3 unspecified atom stereocenters. The highest BCUT2D eigenvalue weighted by atomic mass is 15.2. The van der Waals surface area contributed by atoms with Crippen LogP contribution < -0.4 is 10.2 Å². The van der Waals surface area contributed by atoms with Gasteiger partial charge in [0.2, 0.25) is 0 Å². The summed E-state index contributed by atoms with van der Waals surface area (Å²) in [7, 11) is 4.37. The Morgan fingerprint density at radius 2 is 1.90 bits per heavy atom. The van der Waals surface area contributed by atoms with Crippen LogP contribution in [0.15, 0.2) is 24.3 Å². The first-order chi connectivity index (χ1) is 9.52. The Bertz CT molecular complexity index is 413. The van der Waals surface area contributed by atoms with Crippen LogP contribution in [0.2, 0.25) is 0 Å². The van der Waals surface area contributed by atoms with Gasteiger partial charge in [-0.25, -0.2) is 0 Å². The van der Waals surface area contributed by atoms with E-state index in [0.29, 0.717) is 12.1 Å². The molecule has 1 aromatic rings. The Kier molecular flexibility index (Phi) is 5.06. The average molecular weight is 275 g/mol. The Hall–Kier alpha value is -1.06. The zero-order valence-corrected chi connectivity index (χ0v) is 13.6. The number of likely N-dealkylation sites (N-methyl/N-ethyl adjacent to an activating group) is 1. The molecule has 3 heteroatoms. The van der Waals surface area contributed by atoms with Crippen molar-refractivity contribution in [3.63, 3.8) is 0 Å². The van der Waals surface area contributed by atoms with Crippen molar-refractivity contribution in [3.05, 3.63) is 29.8 Å². The first-order valence-corrected chi connectivity index (χ1v) is 7.77. The molecule has 112 valence electrons. The molecule has 3 nitrogen and oxygen atoms in total. The molecule has 0 saturated carbocycles. The molecule has 1 saturated heterocycles. The van der Waals surface area contributed by atoms with Gasteiger partial charge in [0.05, 0.1) is 0 Å². The summed E-state index contributed by atoms with van der Waals surface area (Å²) in [5, 5.41) is 3.46. The van der Waals surface area contributed by atoms with E-state index in [9.17, 15) is 0 Å². The van der Waals surface area contributed by atoms with Crippen LogP contribution in [0.25, 0.3) is 0 Å². The lowest BCUT2D eigenvalue weighted by Gasteiger charge is -2.23. The molecule has 1 N–H and O–H groups in total. The molecule has 0 bridgehead atoms. The monoisotopic (exact) mass is 275 g/mol. The number of nitrogens with zero attached hydrogens (tertiary/aromatic N) is 2. The van der Waals surface area contributed by atoms with Gasteiger partial charge in [0, 0.05) is 30.9 Å². The summed E-state index contributed by atoms with van der Waals surface area (Å²) in [6.07, 6.45) is 0. The SMILES string of the molecule is CCNC(C)c1ccc(N2CC(C)C(N(C)C)C2)cc1. The van der Waals surface area contributed by atoms with Crippen molar-refractivity contribution in [1.82, 2.24) is 10.2 Å². The van der Waals surface area contributed by atoms with Gasteiger partial charge in [0.15, 0.2) is 0 Å². The fourth-order valence-corrected chi connectivity index (χ4v) is 3.23. The van der Waals surface area contributed by atoms with Crippen molar-refractivity contribution < 1.29 is 0 Å². The number of hydrogen-bond donors (Lipinski definition) is 1. The summed E-state index contributed by atoms with van der Waals surface area (Å²) in [6.45, 7) is 10.0. The Morgan fingerprint density at radius 1 is 1.25 bits per heavy atom. The topological polar surface area (TPSA) is 18.5 Å². The molecular formula is C17H29N3. The summed E-state index contributed by atoms with van der Waals surface area (Å²) in [6, 6.07) is 10.2. The van der Waals surface area contributed by atoms with Gasteiger partial charge >= 0.3 is 0 Å². The van der Waals surface area contributed by atoms with Gasteiger partial charge in [-0.3, -0.25) is 0 Å². The molecule has 20 heavy (non-hydrogen) atoms. The highest BCUT2D eigenvalue weighted by molar-refractivity contribution is 5.49. The van der Waals surface area contributed by atoms with Crippen molar-refractivity contribution in [3.8, 4) is 0 Å². The van der Waals surface area contributed by atoms with Crippen LogP contribution in [0.3, 0.4) is 0 Å². The lowest BCUT2D eigenvalue weighted by atomic mass is 10.1. The van der Waals surface area contributed by atoms with Crippen molar-refractivity contribution in [2.75, 3.05) is 38.6 Å². The third kappa shape index (κ3) is 3.33. The predicted molar refractivity (Wildman–Crippen MR) is 87.4 cm³/mol. The smallest absolute Gasteiger partial charge is 0.0367 e. The van der Waals surface area contributed by atoms with Crippen molar-refractivity contribution in [2.45, 2.75) is 32.9 Å². The summed E-state index contributed by atoms with van der Waals surface area (Å²) in [4.78, 5) is 4.86. The average Bonchev–Trinajstić information content (AvgIpc) is 2.81. The fraction of sp³-hybridized carbons (Fsp3) is 0.647. The standard InChI is InChI=1S/C17H29N3/c1-6-18-14(3)15-7-9-16(10-8-15)20-11-13(2)17(12-20)19(4)5/h7-10,13-14,17-18H,6,11-12H2,1-5H3. The van der Waals surface area contributed by atoms with Crippen LogP contribution >= 0.6 is 0 Å². The van der Waals surface area contributed by atoms with Crippen LogP contribution in [-0.4, -0.2) is 44.7 Å². The third-order valence-electron chi connectivity index (χ3n) is 4.50. The number of hydrogen-bond acceptors (Lipinski definition) is 3. The van der Waals surface area contributed by atoms with Crippen LogP contribution in [0.4, 0.5) is 5.69 Å². The molecule has 0 aliphatic carbocycles. The third-order valence-corrected chi connectivity index (χ3v) is 4.50. The lowest BCUT2D eigenvalue weighted by molar-refractivity contribution is 0.266. The van der Waals surface area contributed by atoms with Gasteiger partial charge in [-0.15, -0.1) is 0 Å². The van der Waals surface area contributed by atoms with E-state index in [1.807, 2.05) is 0 Å². The fourth-order valence-electron chi connectivity index (χ4n) is 3.23. The van der Waals surface area contributed by atoms with Gasteiger partial charge in [-0.05, 0) is 51.2 Å². The van der Waals surface area contributed by atoms with E-state index in [1.165, 1.54) is 11.3 Å². The first-order valence-electron chi connectivity index (χ1n) is 7.77. The molecule has 1 aliphatic rings. The minimum absolute atomic E-state index is 0.432. The molecule has 3 atom stereocenters. The number of benzene rings is 1. The maximum Gasteiger partial charge on any atom is 0.0367 e. The van der Waals surface area contributed by atoms with Crippen LogP contribution in [0.5, 0.6) is 0 Å². The van der Waals surface area contributed by atoms with Crippen LogP contribution in [0, 0.1) is 5.92 Å². The molecule has 1 aliphatic heterocycles. The van der Waals surface area contributed by atoms with Crippen molar-refractivity contribution >= 4 is 5.69 Å². The van der Waals surface area contributed by atoms with Gasteiger partial charge in [0.25, 0.3) is 0 Å². The Labute approximate surface area is 124 Å². The normalized spacial score (nSPS) is 24.4. The lowest BCUT2D eigenvalue weighted by Crippen LogP contribution is -2.34. The summed E-state index contributed by atoms with van der Waals surface area (Å²) in [5.74, 6) is 0.727. The molecule has 1 aromatic carbocycles. The van der Waals surface area contributed by atoms with Gasteiger partial charge < -0.3 is 15.1 Å². The maximum atomic E-state index is 3.46. The van der Waals surface area contributed by atoms with Crippen molar-refractivity contribution in [2.24, 2.45) is 5.92 Å². The maximum absolute atomic E-state index is 3.46. The van der Waals surface area contributed by atoms with E-state index in [2.05, 4.69) is 74.2 Å². The van der Waals surface area contributed by atoms with Crippen LogP contribution in [0.1, 0.15) is 32.4 Å². The summed E-state index contributed by atoms with van der Waals surface area (Å²) in [5.41, 5.74) is 2.72. The molecule has 1 heterocycles. The van der Waals surface area contributed by atoms with E-state index < -0.39 is 0 Å². The summed E-state index contributed by atoms with van der Waals surface area (Å²) < 4.78 is 0. The number of nitrogens with one attached hydrogen (secondary N) is 1. The molecule has 1 fully saturated rings. The zero-order chi connectivity index (χ0) is 14.7. The molecule has 0 radical (unpaired) electrons. The van der Waals surface area contributed by atoms with Gasteiger partial charge in [-0.1, -0.05) is 26.0 Å². The predicted octanol–water partition coefficient (Wildman–Crippen LogP) is 2.74. The molecule has 0 aromatic heterocycles. The van der Waals surface area contributed by atoms with Crippen LogP contribution in [-0.2, 0) is 0 Å². The highest BCUT2D eigenvalue weighted by Crippen LogP contribution is 2.27. The van der Waals surface area contributed by atoms with E-state index >= 15 is 0 Å². The second-order valence-electron chi connectivity index (χ2n) is 6.28. The van der Waals surface area contributed by atoms with E-state index in [1.54, 1.807) is 0 Å². The number of rotatable bonds is 5. The molecule has 0 amide bonds. The molecule has 0 spiro atoms. The van der Waals surface area contributed by atoms with E-state index in [0.717, 1.165) is 25.6 Å². The second-order valence-corrected chi connectivity index (χ2v) is 6.28. The minimum Gasteiger partial charge on any atom is -0.370 e. The quantitative estimate of drug-likeness (QED) is 0.891. The van der Waals surface area contributed by atoms with E-state index in [4.69, 9.17) is 0 Å². The van der Waals surface area contributed by atoms with Gasteiger partial charge in [-0.2, -0.15) is 0 Å².